The number of esters is 2. The topological polar surface area (TPSA) is 99.2 Å². The highest BCUT2D eigenvalue weighted by Gasteiger charge is 2.62. The number of carbonyl (C=O) groups is 4. The van der Waals surface area contributed by atoms with Gasteiger partial charge in [0.05, 0.1) is 13.7 Å². The Bertz CT molecular complexity index is 620. The summed E-state index contributed by atoms with van der Waals surface area (Å²) in [5.41, 5.74) is -2.06. The summed E-state index contributed by atoms with van der Waals surface area (Å²) in [5, 5.41) is 0. The summed E-state index contributed by atoms with van der Waals surface area (Å²) in [7, 11) is 1.14. The second kappa shape index (κ2) is 7.88. The van der Waals surface area contributed by atoms with Crippen molar-refractivity contribution < 1.29 is 33.4 Å². The van der Waals surface area contributed by atoms with Crippen molar-refractivity contribution in [2.75, 3.05) is 13.7 Å². The van der Waals surface area contributed by atoms with Crippen LogP contribution in [-0.2, 0) is 28.6 Å². The number of methoxy groups -OCH3 is 1. The largest absolute Gasteiger partial charge is 0.467 e. The molecule has 2 amide bonds. The van der Waals surface area contributed by atoms with Crippen LogP contribution in [0.1, 0.15) is 47.5 Å². The first-order valence-corrected chi connectivity index (χ1v) is 8.35. The van der Waals surface area contributed by atoms with Crippen LogP contribution in [0, 0.1) is 5.41 Å². The van der Waals surface area contributed by atoms with Crippen molar-refractivity contribution in [3.8, 4) is 0 Å². The number of hydrogen-bond donors (Lipinski definition) is 0. The number of nitrogens with zero attached hydrogens (tertiary/aromatic N) is 1. The molecule has 0 N–H and O–H groups in total. The molecule has 8 heteroatoms. The number of likely N-dealkylation sites (tertiary alicyclic amines) is 1. The fraction of sp³-hybridized carbons (Fsp3) is 0.667. The van der Waals surface area contributed by atoms with Crippen LogP contribution in [0.2, 0.25) is 0 Å². The molecule has 1 aliphatic rings. The van der Waals surface area contributed by atoms with Gasteiger partial charge in [0.2, 0.25) is 0 Å². The number of amides is 2. The molecule has 0 bridgehead atoms. The summed E-state index contributed by atoms with van der Waals surface area (Å²) < 4.78 is 15.0. The van der Waals surface area contributed by atoms with E-state index in [2.05, 4.69) is 6.58 Å². The molecule has 146 valence electrons. The zero-order valence-electron chi connectivity index (χ0n) is 16.2. The predicted octanol–water partition coefficient (Wildman–Crippen LogP) is 2.21. The van der Waals surface area contributed by atoms with E-state index in [4.69, 9.17) is 14.2 Å². The van der Waals surface area contributed by atoms with Crippen molar-refractivity contribution in [1.82, 2.24) is 4.90 Å². The summed E-state index contributed by atoms with van der Waals surface area (Å²) in [4.78, 5) is 51.1. The summed E-state index contributed by atoms with van der Waals surface area (Å²) in [6, 6.07) is -1.27. The molecule has 1 saturated heterocycles. The van der Waals surface area contributed by atoms with Crippen LogP contribution in [0.5, 0.6) is 0 Å². The number of allylic oxidation sites excluding steroid dienone is 1. The molecule has 8 nitrogen and oxygen atoms in total. The first kappa shape index (κ1) is 21.7. The van der Waals surface area contributed by atoms with E-state index < -0.39 is 41.0 Å². The highest BCUT2D eigenvalue weighted by atomic mass is 16.6. The third-order valence-corrected chi connectivity index (χ3v) is 3.81. The van der Waals surface area contributed by atoms with Gasteiger partial charge in [0.1, 0.15) is 11.6 Å². The van der Waals surface area contributed by atoms with Gasteiger partial charge in [0, 0.05) is 6.42 Å². The Hall–Kier alpha value is -2.38. The van der Waals surface area contributed by atoms with Crippen LogP contribution in [0.15, 0.2) is 12.2 Å². The maximum Gasteiger partial charge on any atom is 0.417 e. The minimum absolute atomic E-state index is 0.0442. The highest BCUT2D eigenvalue weighted by molar-refractivity contribution is 6.12. The van der Waals surface area contributed by atoms with E-state index in [0.717, 1.165) is 7.11 Å². The summed E-state index contributed by atoms with van der Waals surface area (Å²) in [6.45, 7) is 12.0. The predicted molar refractivity (Wildman–Crippen MR) is 92.0 cm³/mol. The standard InChI is InChI=1S/C18H27NO7/c1-8-25-15(22)18(9-11(2)3)10-12(13(20)24-7)19(14(18)21)16(23)26-17(4,5)6/h12H,2,8-10H2,1,3-7H3/t12-,18-/m0/s1. The number of imide groups is 1. The van der Waals surface area contributed by atoms with E-state index >= 15 is 0 Å². The summed E-state index contributed by atoms with van der Waals surface area (Å²) in [6.07, 6.45) is -1.30. The van der Waals surface area contributed by atoms with E-state index in [9.17, 15) is 19.2 Å². The number of carbonyl (C=O) groups excluding carboxylic acids is 4. The van der Waals surface area contributed by atoms with Gasteiger partial charge >= 0.3 is 18.0 Å². The van der Waals surface area contributed by atoms with Gasteiger partial charge in [-0.3, -0.25) is 9.59 Å². The lowest BCUT2D eigenvalue weighted by Gasteiger charge is -2.27. The smallest absolute Gasteiger partial charge is 0.417 e. The van der Waals surface area contributed by atoms with Gasteiger partial charge in [-0.05, 0) is 41.0 Å². The number of hydrogen-bond acceptors (Lipinski definition) is 7. The molecular weight excluding hydrogens is 342 g/mol. The Balaban J connectivity index is 3.41. The van der Waals surface area contributed by atoms with Crippen molar-refractivity contribution in [1.29, 1.82) is 0 Å². The Morgan fingerprint density at radius 3 is 2.31 bits per heavy atom. The lowest BCUT2D eigenvalue weighted by Crippen LogP contribution is -2.48. The average molecular weight is 369 g/mol. The summed E-state index contributed by atoms with van der Waals surface area (Å²) in [5.74, 6) is -2.45. The molecule has 0 aromatic rings. The van der Waals surface area contributed by atoms with Gasteiger partial charge in [-0.2, -0.15) is 0 Å². The fourth-order valence-electron chi connectivity index (χ4n) is 2.90. The molecule has 26 heavy (non-hydrogen) atoms. The summed E-state index contributed by atoms with van der Waals surface area (Å²) >= 11 is 0. The lowest BCUT2D eigenvalue weighted by atomic mass is 9.79. The fourth-order valence-corrected chi connectivity index (χ4v) is 2.90. The van der Waals surface area contributed by atoms with Gasteiger partial charge in [-0.25, -0.2) is 14.5 Å². The quantitative estimate of drug-likeness (QED) is 0.317. The average Bonchev–Trinajstić information content (AvgIpc) is 2.78. The zero-order valence-corrected chi connectivity index (χ0v) is 16.2. The van der Waals surface area contributed by atoms with E-state index in [1.807, 2.05) is 0 Å². The monoisotopic (exact) mass is 369 g/mol. The van der Waals surface area contributed by atoms with Gasteiger partial charge in [-0.15, -0.1) is 6.58 Å². The normalized spacial score (nSPS) is 22.8. The minimum Gasteiger partial charge on any atom is -0.467 e. The van der Waals surface area contributed by atoms with Crippen LogP contribution in [0.4, 0.5) is 4.79 Å². The molecule has 1 fully saturated rings. The molecule has 0 unspecified atom stereocenters. The molecule has 0 spiro atoms. The number of rotatable bonds is 5. The Labute approximate surface area is 153 Å². The Morgan fingerprint density at radius 1 is 1.31 bits per heavy atom. The Morgan fingerprint density at radius 2 is 1.88 bits per heavy atom. The zero-order chi connectivity index (χ0) is 20.3. The maximum absolute atomic E-state index is 13.1. The third-order valence-electron chi connectivity index (χ3n) is 3.81. The van der Waals surface area contributed by atoms with E-state index in [1.54, 1.807) is 34.6 Å². The van der Waals surface area contributed by atoms with Crippen LogP contribution in [0.3, 0.4) is 0 Å². The minimum atomic E-state index is -1.71. The van der Waals surface area contributed by atoms with Crippen molar-refractivity contribution in [3.05, 3.63) is 12.2 Å². The van der Waals surface area contributed by atoms with Crippen LogP contribution in [0.25, 0.3) is 0 Å². The SMILES string of the molecule is C=C(C)C[C@]1(C(=O)OCC)C[C@@H](C(=O)OC)N(C(=O)OC(C)(C)C)C1=O. The molecule has 1 heterocycles. The van der Waals surface area contributed by atoms with E-state index in [-0.39, 0.29) is 19.4 Å². The Kier molecular flexibility index (Phi) is 6.57. The molecule has 0 aromatic heterocycles. The van der Waals surface area contributed by atoms with Crippen LogP contribution >= 0.6 is 0 Å². The van der Waals surface area contributed by atoms with Crippen LogP contribution in [-0.4, -0.2) is 54.2 Å². The lowest BCUT2D eigenvalue weighted by molar-refractivity contribution is -0.160. The van der Waals surface area contributed by atoms with Gasteiger partial charge in [-0.1, -0.05) is 5.57 Å². The van der Waals surface area contributed by atoms with Gasteiger partial charge in [0.25, 0.3) is 5.91 Å². The maximum atomic E-state index is 13.1. The van der Waals surface area contributed by atoms with Crippen molar-refractivity contribution >= 4 is 23.9 Å². The third kappa shape index (κ3) is 4.42. The molecule has 0 aromatic carbocycles. The second-order valence-electron chi connectivity index (χ2n) is 7.34. The molecule has 0 aliphatic carbocycles. The first-order valence-electron chi connectivity index (χ1n) is 8.35. The van der Waals surface area contributed by atoms with Gasteiger partial charge in [0.15, 0.2) is 5.41 Å². The second-order valence-corrected chi connectivity index (χ2v) is 7.34. The molecule has 0 saturated carbocycles. The highest BCUT2D eigenvalue weighted by Crippen LogP contribution is 2.43. The molecular formula is C18H27NO7. The first-order chi connectivity index (χ1) is 11.9. The van der Waals surface area contributed by atoms with E-state index in [1.165, 1.54) is 0 Å². The molecule has 0 radical (unpaired) electrons. The molecule has 1 rings (SSSR count). The molecule has 2 atom stereocenters. The van der Waals surface area contributed by atoms with Crippen LogP contribution < -0.4 is 0 Å². The van der Waals surface area contributed by atoms with Gasteiger partial charge < -0.3 is 14.2 Å². The van der Waals surface area contributed by atoms with Crippen molar-refractivity contribution in [3.63, 3.8) is 0 Å². The van der Waals surface area contributed by atoms with Crippen molar-refractivity contribution in [2.24, 2.45) is 5.41 Å². The van der Waals surface area contributed by atoms with E-state index in [0.29, 0.717) is 10.5 Å². The molecule has 1 aliphatic heterocycles. The number of ether oxygens (including phenoxy) is 3. The van der Waals surface area contributed by atoms with Crippen molar-refractivity contribution in [2.45, 2.75) is 59.1 Å².